The van der Waals surface area contributed by atoms with Gasteiger partial charge in [0.05, 0.1) is 23.4 Å². The van der Waals surface area contributed by atoms with Crippen molar-refractivity contribution in [3.8, 4) is 0 Å². The molecular formula is C12H13F3N2O. The lowest BCUT2D eigenvalue weighted by molar-refractivity contribution is -0.199. The molecule has 3 nitrogen and oxygen atoms in total. The number of rotatable bonds is 2. The molecule has 1 aliphatic rings. The Balaban J connectivity index is 2.20. The first-order valence-corrected chi connectivity index (χ1v) is 5.48. The number of hydrogen-bond acceptors (Lipinski definition) is 2. The molecular weight excluding hydrogens is 245 g/mol. The predicted octanol–water partition coefficient (Wildman–Crippen LogP) is 2.74. The van der Waals surface area contributed by atoms with Gasteiger partial charge in [-0.05, 0) is 25.5 Å². The van der Waals surface area contributed by atoms with Crippen LogP contribution in [0.2, 0.25) is 0 Å². The van der Waals surface area contributed by atoms with E-state index in [9.17, 15) is 13.2 Å². The van der Waals surface area contributed by atoms with Crippen molar-refractivity contribution in [2.24, 2.45) is 5.41 Å². The van der Waals surface area contributed by atoms with Crippen LogP contribution in [0.4, 0.5) is 13.2 Å². The fourth-order valence-corrected chi connectivity index (χ4v) is 1.69. The summed E-state index contributed by atoms with van der Waals surface area (Å²) in [6, 6.07) is 1.62. The molecule has 1 N–H and O–H groups in total. The van der Waals surface area contributed by atoms with Crippen molar-refractivity contribution in [1.29, 1.82) is 0 Å². The van der Waals surface area contributed by atoms with Gasteiger partial charge in [0.1, 0.15) is 0 Å². The molecule has 0 radical (unpaired) electrons. The van der Waals surface area contributed by atoms with Crippen LogP contribution in [-0.2, 0) is 6.61 Å². The second-order valence-corrected chi connectivity index (χ2v) is 4.49. The number of aliphatic hydroxyl groups is 1. The molecule has 0 aromatic carbocycles. The van der Waals surface area contributed by atoms with Gasteiger partial charge >= 0.3 is 6.18 Å². The van der Waals surface area contributed by atoms with Crippen molar-refractivity contribution in [2.75, 3.05) is 0 Å². The van der Waals surface area contributed by atoms with E-state index in [4.69, 9.17) is 5.11 Å². The summed E-state index contributed by atoms with van der Waals surface area (Å²) < 4.78 is 39.8. The Morgan fingerprint density at radius 3 is 2.67 bits per heavy atom. The molecule has 0 aliphatic heterocycles. The number of aromatic nitrogens is 2. The Morgan fingerprint density at radius 1 is 1.50 bits per heavy atom. The minimum atomic E-state index is -4.26. The summed E-state index contributed by atoms with van der Waals surface area (Å²) in [6.07, 6.45) is 1.30. The molecule has 0 spiro atoms. The standard InChI is InChI=1S/C12H13F3N2O/c1-11(12(13,14)15)5-2-10(3-6-11)17-7-4-9(8-18)16-17/h2-5,7,18H,6,8H2,1H3. The van der Waals surface area contributed by atoms with Gasteiger partial charge in [0.25, 0.3) is 0 Å². The molecule has 98 valence electrons. The maximum Gasteiger partial charge on any atom is 0.397 e. The number of hydrogen-bond donors (Lipinski definition) is 1. The number of aliphatic hydroxyl groups excluding tert-OH is 1. The van der Waals surface area contributed by atoms with Crippen LogP contribution < -0.4 is 0 Å². The van der Waals surface area contributed by atoms with Gasteiger partial charge in [-0.25, -0.2) is 4.68 Å². The van der Waals surface area contributed by atoms with Crippen LogP contribution in [0.5, 0.6) is 0 Å². The highest BCUT2D eigenvalue weighted by molar-refractivity contribution is 5.58. The molecule has 0 saturated carbocycles. The minimum absolute atomic E-state index is 0.114. The summed E-state index contributed by atoms with van der Waals surface area (Å²) in [5.74, 6) is 0. The minimum Gasteiger partial charge on any atom is -0.390 e. The lowest BCUT2D eigenvalue weighted by Crippen LogP contribution is -2.34. The molecule has 6 heteroatoms. The van der Waals surface area contributed by atoms with E-state index in [1.807, 2.05) is 0 Å². The Morgan fingerprint density at radius 2 is 2.22 bits per heavy atom. The van der Waals surface area contributed by atoms with Gasteiger partial charge < -0.3 is 5.11 Å². The largest absolute Gasteiger partial charge is 0.397 e. The number of alkyl halides is 3. The van der Waals surface area contributed by atoms with E-state index >= 15 is 0 Å². The topological polar surface area (TPSA) is 38.0 Å². The smallest absolute Gasteiger partial charge is 0.390 e. The molecule has 1 unspecified atom stereocenters. The summed E-state index contributed by atoms with van der Waals surface area (Å²) in [4.78, 5) is 0. The van der Waals surface area contributed by atoms with Crippen molar-refractivity contribution >= 4 is 5.70 Å². The Hall–Kier alpha value is -1.56. The molecule has 1 aromatic rings. The van der Waals surface area contributed by atoms with E-state index in [0.29, 0.717) is 11.4 Å². The second-order valence-electron chi connectivity index (χ2n) is 4.49. The van der Waals surface area contributed by atoms with Gasteiger partial charge in [-0.1, -0.05) is 12.2 Å². The van der Waals surface area contributed by atoms with Crippen molar-refractivity contribution < 1.29 is 18.3 Å². The molecule has 0 fully saturated rings. The highest BCUT2D eigenvalue weighted by Crippen LogP contribution is 2.44. The average molecular weight is 258 g/mol. The summed E-state index contributed by atoms with van der Waals surface area (Å²) in [6.45, 7) is 0.975. The Kier molecular flexibility index (Phi) is 3.06. The van der Waals surface area contributed by atoms with Crippen LogP contribution in [-0.4, -0.2) is 21.1 Å². The molecule has 2 rings (SSSR count). The Labute approximate surface area is 102 Å². The zero-order chi connectivity index (χ0) is 13.4. The SMILES string of the molecule is CC1(C(F)(F)F)C=CC(n2ccc(CO)n2)=CC1. The summed E-state index contributed by atoms with van der Waals surface area (Å²) in [5.41, 5.74) is -0.756. The maximum absolute atomic E-state index is 12.8. The quantitative estimate of drug-likeness (QED) is 0.885. The average Bonchev–Trinajstić information content (AvgIpc) is 2.77. The third-order valence-electron chi connectivity index (χ3n) is 3.08. The van der Waals surface area contributed by atoms with Crippen LogP contribution in [0.1, 0.15) is 19.0 Å². The number of halogens is 3. The van der Waals surface area contributed by atoms with Crippen LogP contribution in [0.3, 0.4) is 0 Å². The van der Waals surface area contributed by atoms with Crippen molar-refractivity contribution in [3.05, 3.63) is 36.2 Å². The van der Waals surface area contributed by atoms with Crippen molar-refractivity contribution in [3.63, 3.8) is 0 Å². The number of nitrogens with zero attached hydrogens (tertiary/aromatic N) is 2. The van der Waals surface area contributed by atoms with Gasteiger partial charge in [-0.3, -0.25) is 0 Å². The van der Waals surface area contributed by atoms with E-state index in [1.165, 1.54) is 23.8 Å². The predicted molar refractivity (Wildman–Crippen MR) is 60.3 cm³/mol. The van der Waals surface area contributed by atoms with Gasteiger partial charge in [0.2, 0.25) is 0 Å². The van der Waals surface area contributed by atoms with Crippen molar-refractivity contribution in [2.45, 2.75) is 26.1 Å². The molecule has 1 aromatic heterocycles. The van der Waals surface area contributed by atoms with Crippen LogP contribution in [0.15, 0.2) is 30.5 Å². The highest BCUT2D eigenvalue weighted by atomic mass is 19.4. The van der Waals surface area contributed by atoms with Gasteiger partial charge in [-0.15, -0.1) is 0 Å². The van der Waals surface area contributed by atoms with Gasteiger partial charge in [-0.2, -0.15) is 18.3 Å². The van der Waals surface area contributed by atoms with E-state index in [0.717, 1.165) is 6.08 Å². The first kappa shape index (κ1) is 12.9. The molecule has 0 amide bonds. The fraction of sp³-hybridized carbons (Fsp3) is 0.417. The monoisotopic (exact) mass is 258 g/mol. The molecule has 1 heterocycles. The first-order chi connectivity index (χ1) is 8.36. The first-order valence-electron chi connectivity index (χ1n) is 5.48. The summed E-state index contributed by atoms with van der Waals surface area (Å²) in [5, 5.41) is 12.9. The zero-order valence-corrected chi connectivity index (χ0v) is 9.78. The lowest BCUT2D eigenvalue weighted by Gasteiger charge is -2.30. The van der Waals surface area contributed by atoms with Gasteiger partial charge in [0, 0.05) is 6.20 Å². The molecule has 1 aliphatic carbocycles. The Bertz CT molecular complexity index is 502. The second kappa shape index (κ2) is 4.28. The van der Waals surface area contributed by atoms with Crippen LogP contribution in [0.25, 0.3) is 5.70 Å². The van der Waals surface area contributed by atoms with E-state index in [1.54, 1.807) is 12.3 Å². The summed E-state index contributed by atoms with van der Waals surface area (Å²) in [7, 11) is 0. The normalized spacial score (nSPS) is 24.2. The fourth-order valence-electron chi connectivity index (χ4n) is 1.69. The van der Waals surface area contributed by atoms with Gasteiger partial charge in [0.15, 0.2) is 0 Å². The van der Waals surface area contributed by atoms with E-state index < -0.39 is 11.6 Å². The molecule has 18 heavy (non-hydrogen) atoms. The lowest BCUT2D eigenvalue weighted by atomic mass is 9.82. The number of allylic oxidation sites excluding steroid dienone is 4. The van der Waals surface area contributed by atoms with E-state index in [2.05, 4.69) is 5.10 Å². The highest BCUT2D eigenvalue weighted by Gasteiger charge is 2.49. The molecule has 1 atom stereocenters. The van der Waals surface area contributed by atoms with Crippen LogP contribution >= 0.6 is 0 Å². The zero-order valence-electron chi connectivity index (χ0n) is 9.78. The van der Waals surface area contributed by atoms with Crippen molar-refractivity contribution in [1.82, 2.24) is 9.78 Å². The third kappa shape index (κ3) is 2.20. The third-order valence-corrected chi connectivity index (χ3v) is 3.08. The van der Waals surface area contributed by atoms with E-state index in [-0.39, 0.29) is 13.0 Å². The van der Waals surface area contributed by atoms with Crippen LogP contribution in [0, 0.1) is 5.41 Å². The summed E-state index contributed by atoms with van der Waals surface area (Å²) >= 11 is 0. The maximum atomic E-state index is 12.8. The molecule has 0 bridgehead atoms. The molecule has 0 saturated heterocycles.